The maximum absolute atomic E-state index is 10.5. The van der Waals surface area contributed by atoms with Crippen LogP contribution in [0.15, 0.2) is 36.4 Å². The van der Waals surface area contributed by atoms with Crippen molar-refractivity contribution in [3.8, 4) is 17.2 Å². The fraction of sp³-hybridized carbons (Fsp3) is 0.368. The summed E-state index contributed by atoms with van der Waals surface area (Å²) in [6, 6.07) is 12.2. The molecule has 0 spiro atoms. The monoisotopic (exact) mass is 327 g/mol. The van der Waals surface area contributed by atoms with Crippen LogP contribution in [0.3, 0.4) is 0 Å². The number of hydrogen-bond donors (Lipinski definition) is 1. The Kier molecular flexibility index (Phi) is 3.35. The number of hydrogen-bond acceptors (Lipinski definition) is 5. The Morgan fingerprint density at radius 2 is 1.71 bits per heavy atom. The Morgan fingerprint density at radius 1 is 1.04 bits per heavy atom. The zero-order valence-corrected chi connectivity index (χ0v) is 14.1. The van der Waals surface area contributed by atoms with E-state index in [2.05, 4.69) is 29.2 Å². The van der Waals surface area contributed by atoms with E-state index in [0.717, 1.165) is 22.6 Å². The molecule has 126 valence electrons. The summed E-state index contributed by atoms with van der Waals surface area (Å²) >= 11 is 0. The van der Waals surface area contributed by atoms with Gasteiger partial charge in [-0.2, -0.15) is 0 Å². The topological polar surface area (TPSA) is 51.2 Å². The van der Waals surface area contributed by atoms with E-state index >= 15 is 0 Å². The third-order valence-corrected chi connectivity index (χ3v) is 4.60. The van der Waals surface area contributed by atoms with Gasteiger partial charge in [0, 0.05) is 50.7 Å². The molecule has 2 heterocycles. The predicted octanol–water partition coefficient (Wildman–Crippen LogP) is 3.10. The molecule has 24 heavy (non-hydrogen) atoms. The maximum atomic E-state index is 10.5. The summed E-state index contributed by atoms with van der Waals surface area (Å²) < 4.78 is 16.7. The van der Waals surface area contributed by atoms with Crippen LogP contribution in [0.2, 0.25) is 0 Å². The number of fused-ring (bicyclic) bond motifs is 2. The lowest BCUT2D eigenvalue weighted by Gasteiger charge is -2.36. The molecular weight excluding hydrogens is 306 g/mol. The number of nitrogens with zero attached hydrogens (tertiary/aromatic N) is 1. The van der Waals surface area contributed by atoms with Crippen LogP contribution in [-0.2, 0) is 0 Å². The van der Waals surface area contributed by atoms with Crippen LogP contribution in [0, 0.1) is 0 Å². The van der Waals surface area contributed by atoms with Crippen LogP contribution in [0.5, 0.6) is 17.2 Å². The average Bonchev–Trinajstić information content (AvgIpc) is 2.98. The molecule has 0 unspecified atom stereocenters. The highest BCUT2D eigenvalue weighted by Crippen LogP contribution is 2.48. The molecule has 2 aromatic rings. The van der Waals surface area contributed by atoms with Gasteiger partial charge >= 0.3 is 0 Å². The lowest BCUT2D eigenvalue weighted by atomic mass is 9.83. The molecule has 0 saturated carbocycles. The number of aliphatic hydroxyl groups is 1. The van der Waals surface area contributed by atoms with Gasteiger partial charge in [-0.05, 0) is 23.8 Å². The summed E-state index contributed by atoms with van der Waals surface area (Å²) in [7, 11) is 4.04. The summed E-state index contributed by atoms with van der Waals surface area (Å²) in [4.78, 5) is 2.07. The van der Waals surface area contributed by atoms with Crippen LogP contribution in [0.1, 0.15) is 30.4 Å². The number of rotatable bonds is 2. The molecule has 4 rings (SSSR count). The van der Waals surface area contributed by atoms with Crippen LogP contribution in [0.4, 0.5) is 5.69 Å². The lowest BCUT2D eigenvalue weighted by molar-refractivity contribution is -0.137. The molecule has 0 aliphatic carbocycles. The van der Waals surface area contributed by atoms with Crippen molar-refractivity contribution in [1.29, 1.82) is 0 Å². The molecule has 0 fully saturated rings. The van der Waals surface area contributed by atoms with Crippen molar-refractivity contribution in [2.45, 2.75) is 25.0 Å². The standard InChI is InChI=1S/C19H21NO4/c1-19(21)10-15(12-4-6-13(7-5-12)20(2)3)14-8-17-18(23-11-22-17)9-16(14)24-19/h4-9,15,21H,10-11H2,1-3H3/t15-,19-/m0/s1. The molecule has 2 atom stereocenters. The highest BCUT2D eigenvalue weighted by atomic mass is 16.7. The highest BCUT2D eigenvalue weighted by molar-refractivity contribution is 5.57. The molecule has 5 heteroatoms. The van der Waals surface area contributed by atoms with E-state index in [1.165, 1.54) is 0 Å². The zero-order valence-electron chi connectivity index (χ0n) is 14.1. The number of ether oxygens (including phenoxy) is 3. The Labute approximate surface area is 141 Å². The smallest absolute Gasteiger partial charge is 0.231 e. The largest absolute Gasteiger partial charge is 0.462 e. The van der Waals surface area contributed by atoms with Gasteiger partial charge in [0.1, 0.15) is 5.75 Å². The van der Waals surface area contributed by atoms with Gasteiger partial charge < -0.3 is 24.2 Å². The second-order valence-corrected chi connectivity index (χ2v) is 6.76. The van der Waals surface area contributed by atoms with Crippen molar-refractivity contribution in [2.75, 3.05) is 25.8 Å². The lowest BCUT2D eigenvalue weighted by Crippen LogP contribution is -2.38. The molecule has 2 aliphatic rings. The van der Waals surface area contributed by atoms with E-state index in [1.807, 2.05) is 26.2 Å². The van der Waals surface area contributed by atoms with Crippen molar-refractivity contribution in [3.05, 3.63) is 47.5 Å². The molecule has 0 amide bonds. The minimum atomic E-state index is -1.22. The normalized spacial score (nSPS) is 24.2. The van der Waals surface area contributed by atoms with E-state index in [1.54, 1.807) is 6.92 Å². The molecule has 0 bridgehead atoms. The van der Waals surface area contributed by atoms with Crippen LogP contribution >= 0.6 is 0 Å². The first-order chi connectivity index (χ1) is 11.4. The highest BCUT2D eigenvalue weighted by Gasteiger charge is 2.38. The minimum Gasteiger partial charge on any atom is -0.462 e. The molecule has 2 aromatic carbocycles. The van der Waals surface area contributed by atoms with Gasteiger partial charge in [-0.15, -0.1) is 0 Å². The summed E-state index contributed by atoms with van der Waals surface area (Å²) in [6.07, 6.45) is 0.487. The van der Waals surface area contributed by atoms with Crippen molar-refractivity contribution >= 4 is 5.69 Å². The van der Waals surface area contributed by atoms with Crippen molar-refractivity contribution in [1.82, 2.24) is 0 Å². The van der Waals surface area contributed by atoms with Gasteiger partial charge in [0.2, 0.25) is 12.6 Å². The van der Waals surface area contributed by atoms with E-state index < -0.39 is 5.79 Å². The van der Waals surface area contributed by atoms with E-state index in [0.29, 0.717) is 17.9 Å². The van der Waals surface area contributed by atoms with Crippen molar-refractivity contribution < 1.29 is 19.3 Å². The first-order valence-electron chi connectivity index (χ1n) is 8.05. The zero-order chi connectivity index (χ0) is 16.9. The van der Waals surface area contributed by atoms with Crippen LogP contribution < -0.4 is 19.1 Å². The summed E-state index contributed by atoms with van der Waals surface area (Å²) in [6.45, 7) is 1.92. The first kappa shape index (κ1) is 15.1. The van der Waals surface area contributed by atoms with Crippen LogP contribution in [0.25, 0.3) is 0 Å². The summed E-state index contributed by atoms with van der Waals surface area (Å²) in [5, 5.41) is 10.5. The number of anilines is 1. The fourth-order valence-electron chi connectivity index (χ4n) is 3.37. The summed E-state index contributed by atoms with van der Waals surface area (Å²) in [5.41, 5.74) is 3.30. The Balaban J connectivity index is 1.78. The van der Waals surface area contributed by atoms with Gasteiger partial charge in [0.25, 0.3) is 0 Å². The molecule has 2 aliphatic heterocycles. The Bertz CT molecular complexity index is 768. The van der Waals surface area contributed by atoms with Gasteiger partial charge in [-0.3, -0.25) is 0 Å². The Hall–Kier alpha value is -2.40. The molecule has 5 nitrogen and oxygen atoms in total. The molecular formula is C19H21NO4. The van der Waals surface area contributed by atoms with Crippen molar-refractivity contribution in [2.24, 2.45) is 0 Å². The van der Waals surface area contributed by atoms with Gasteiger partial charge in [-0.25, -0.2) is 0 Å². The van der Waals surface area contributed by atoms with Gasteiger partial charge in [-0.1, -0.05) is 12.1 Å². The second-order valence-electron chi connectivity index (χ2n) is 6.76. The molecule has 0 radical (unpaired) electrons. The Morgan fingerprint density at radius 3 is 2.38 bits per heavy atom. The third kappa shape index (κ3) is 2.55. The van der Waals surface area contributed by atoms with E-state index in [9.17, 15) is 5.11 Å². The second kappa shape index (κ2) is 5.31. The third-order valence-electron chi connectivity index (χ3n) is 4.60. The van der Waals surface area contributed by atoms with E-state index in [-0.39, 0.29) is 12.7 Å². The van der Waals surface area contributed by atoms with E-state index in [4.69, 9.17) is 14.2 Å². The first-order valence-corrected chi connectivity index (χ1v) is 8.05. The number of benzene rings is 2. The minimum absolute atomic E-state index is 0.0365. The SMILES string of the molecule is CN(C)c1ccc([C@@H]2C[C@@](C)(O)Oc3cc4c(cc32)OCO4)cc1. The van der Waals surface area contributed by atoms with Gasteiger partial charge in [0.05, 0.1) is 0 Å². The summed E-state index contributed by atoms with van der Waals surface area (Å²) in [5.74, 6) is 0.861. The van der Waals surface area contributed by atoms with Gasteiger partial charge in [0.15, 0.2) is 11.5 Å². The predicted molar refractivity (Wildman–Crippen MR) is 91.0 cm³/mol. The average molecular weight is 327 g/mol. The quantitative estimate of drug-likeness (QED) is 0.918. The maximum Gasteiger partial charge on any atom is 0.231 e. The molecule has 0 aromatic heterocycles. The van der Waals surface area contributed by atoms with Crippen molar-refractivity contribution in [3.63, 3.8) is 0 Å². The molecule has 0 saturated heterocycles. The van der Waals surface area contributed by atoms with Crippen LogP contribution in [-0.4, -0.2) is 31.8 Å². The fourth-order valence-corrected chi connectivity index (χ4v) is 3.37. The molecule has 1 N–H and O–H groups in total.